The van der Waals surface area contributed by atoms with E-state index in [-0.39, 0.29) is 18.3 Å². The average Bonchev–Trinajstić information content (AvgIpc) is 2.29. The van der Waals surface area contributed by atoms with Crippen molar-refractivity contribution >= 4 is 10.2 Å². The quantitative estimate of drug-likeness (QED) is 0.866. The van der Waals surface area contributed by atoms with Gasteiger partial charge in [-0.05, 0) is 24.5 Å². The molecule has 1 aliphatic heterocycles. The molecule has 4 nitrogen and oxygen atoms in total. The predicted molar refractivity (Wildman–Crippen MR) is 63.1 cm³/mol. The van der Waals surface area contributed by atoms with Crippen molar-refractivity contribution in [3.8, 4) is 0 Å². The van der Waals surface area contributed by atoms with Gasteiger partial charge in [-0.15, -0.1) is 0 Å². The van der Waals surface area contributed by atoms with E-state index in [4.69, 9.17) is 5.14 Å². The number of rotatable bonds is 2. The number of halogens is 1. The molecular formula is C11H15FN2O2S. The first kappa shape index (κ1) is 12.5. The molecule has 94 valence electrons. The molecule has 1 aliphatic rings. The third kappa shape index (κ3) is 2.83. The summed E-state index contributed by atoms with van der Waals surface area (Å²) in [7, 11) is -3.67. The minimum Gasteiger partial charge on any atom is -0.216 e. The normalized spacial score (nSPS) is 22.6. The Labute approximate surface area is 100 Å². The van der Waals surface area contributed by atoms with Gasteiger partial charge < -0.3 is 0 Å². The van der Waals surface area contributed by atoms with Crippen LogP contribution in [-0.2, 0) is 10.2 Å². The zero-order chi connectivity index (χ0) is 12.5. The van der Waals surface area contributed by atoms with Crippen molar-refractivity contribution in [3.63, 3.8) is 0 Å². The van der Waals surface area contributed by atoms with E-state index in [1.807, 2.05) is 0 Å². The van der Waals surface area contributed by atoms with Gasteiger partial charge in [0.05, 0.1) is 0 Å². The smallest absolute Gasteiger partial charge is 0.216 e. The van der Waals surface area contributed by atoms with Gasteiger partial charge in [0, 0.05) is 19.0 Å². The number of piperidine rings is 1. The standard InChI is InChI=1S/C11H15FN2O2S/c12-11-6-2-1-5-10(11)9-4-3-7-14(8-9)17(13,15)16/h1-2,5-6,9H,3-4,7-8H2,(H2,13,15,16). The van der Waals surface area contributed by atoms with Crippen LogP contribution in [0.2, 0.25) is 0 Å². The van der Waals surface area contributed by atoms with Crippen LogP contribution in [-0.4, -0.2) is 25.8 Å². The first-order chi connectivity index (χ1) is 7.98. The molecule has 6 heteroatoms. The van der Waals surface area contributed by atoms with E-state index in [9.17, 15) is 12.8 Å². The summed E-state index contributed by atoms with van der Waals surface area (Å²) in [5, 5.41) is 5.09. The fraction of sp³-hybridized carbons (Fsp3) is 0.455. The van der Waals surface area contributed by atoms with Crippen LogP contribution in [0.4, 0.5) is 4.39 Å². The van der Waals surface area contributed by atoms with Crippen LogP contribution in [0.3, 0.4) is 0 Å². The molecule has 0 bridgehead atoms. The lowest BCUT2D eigenvalue weighted by molar-refractivity contribution is 0.312. The second kappa shape index (κ2) is 4.72. The zero-order valence-electron chi connectivity index (χ0n) is 9.34. The van der Waals surface area contributed by atoms with Gasteiger partial charge in [0.15, 0.2) is 0 Å². The summed E-state index contributed by atoms with van der Waals surface area (Å²) in [5.41, 5.74) is 0.570. The molecule has 1 aromatic rings. The third-order valence-electron chi connectivity index (χ3n) is 3.09. The average molecular weight is 258 g/mol. The van der Waals surface area contributed by atoms with Gasteiger partial charge >= 0.3 is 0 Å². The molecule has 1 saturated heterocycles. The fourth-order valence-corrected chi connectivity index (χ4v) is 3.00. The fourth-order valence-electron chi connectivity index (χ4n) is 2.23. The summed E-state index contributed by atoms with van der Waals surface area (Å²) in [6.07, 6.45) is 1.49. The highest BCUT2D eigenvalue weighted by Gasteiger charge is 2.28. The Balaban J connectivity index is 2.21. The zero-order valence-corrected chi connectivity index (χ0v) is 10.2. The molecule has 1 aromatic carbocycles. The molecule has 0 aliphatic carbocycles. The third-order valence-corrected chi connectivity index (χ3v) is 4.14. The topological polar surface area (TPSA) is 63.4 Å². The van der Waals surface area contributed by atoms with Gasteiger partial charge in [-0.25, -0.2) is 9.53 Å². The summed E-state index contributed by atoms with van der Waals surface area (Å²) in [6, 6.07) is 6.48. The van der Waals surface area contributed by atoms with E-state index in [1.54, 1.807) is 18.2 Å². The van der Waals surface area contributed by atoms with Gasteiger partial charge in [0.1, 0.15) is 5.82 Å². The maximum Gasteiger partial charge on any atom is 0.276 e. The van der Waals surface area contributed by atoms with Gasteiger partial charge in [-0.3, -0.25) is 0 Å². The van der Waals surface area contributed by atoms with Crippen LogP contribution < -0.4 is 5.14 Å². The molecule has 0 amide bonds. The molecule has 2 N–H and O–H groups in total. The Morgan fingerprint density at radius 1 is 1.35 bits per heavy atom. The summed E-state index contributed by atoms with van der Waals surface area (Å²) >= 11 is 0. The van der Waals surface area contributed by atoms with Crippen LogP contribution in [0.1, 0.15) is 24.3 Å². The summed E-state index contributed by atoms with van der Waals surface area (Å²) in [4.78, 5) is 0. The van der Waals surface area contributed by atoms with Gasteiger partial charge in [0.2, 0.25) is 0 Å². The first-order valence-corrected chi connectivity index (χ1v) is 7.01. The Kier molecular flexibility index (Phi) is 3.46. The molecule has 1 atom stereocenters. The minimum atomic E-state index is -3.67. The molecule has 1 fully saturated rings. The molecule has 0 saturated carbocycles. The van der Waals surface area contributed by atoms with Gasteiger partial charge in [-0.1, -0.05) is 18.2 Å². The van der Waals surface area contributed by atoms with Crippen molar-refractivity contribution in [2.24, 2.45) is 5.14 Å². The molecule has 17 heavy (non-hydrogen) atoms. The highest BCUT2D eigenvalue weighted by atomic mass is 32.2. The Hall–Kier alpha value is -0.980. The lowest BCUT2D eigenvalue weighted by atomic mass is 9.91. The summed E-state index contributed by atoms with van der Waals surface area (Å²) in [5.74, 6) is -0.392. The number of hydrogen-bond donors (Lipinski definition) is 1. The number of nitrogens with two attached hydrogens (primary N) is 1. The van der Waals surface area contributed by atoms with Crippen LogP contribution in [0.15, 0.2) is 24.3 Å². The van der Waals surface area contributed by atoms with Crippen molar-refractivity contribution in [1.29, 1.82) is 0 Å². The largest absolute Gasteiger partial charge is 0.276 e. The Morgan fingerprint density at radius 3 is 2.71 bits per heavy atom. The van der Waals surface area contributed by atoms with E-state index >= 15 is 0 Å². The molecule has 2 rings (SSSR count). The lowest BCUT2D eigenvalue weighted by Crippen LogP contribution is -2.42. The van der Waals surface area contributed by atoms with E-state index in [0.29, 0.717) is 18.5 Å². The molecule has 1 unspecified atom stereocenters. The highest BCUT2D eigenvalue weighted by Crippen LogP contribution is 2.29. The lowest BCUT2D eigenvalue weighted by Gasteiger charge is -2.30. The Bertz CT molecular complexity index is 504. The summed E-state index contributed by atoms with van der Waals surface area (Å²) < 4.78 is 37.3. The molecule has 0 aromatic heterocycles. The SMILES string of the molecule is NS(=O)(=O)N1CCCC(c2ccccc2F)C1. The molecule has 0 spiro atoms. The van der Waals surface area contributed by atoms with Crippen molar-refractivity contribution in [2.45, 2.75) is 18.8 Å². The van der Waals surface area contributed by atoms with Crippen LogP contribution >= 0.6 is 0 Å². The maximum atomic E-state index is 13.6. The minimum absolute atomic E-state index is 0.108. The van der Waals surface area contributed by atoms with E-state index in [2.05, 4.69) is 0 Å². The van der Waals surface area contributed by atoms with Crippen molar-refractivity contribution in [1.82, 2.24) is 4.31 Å². The monoisotopic (exact) mass is 258 g/mol. The maximum absolute atomic E-state index is 13.6. The molecule has 1 heterocycles. The molecular weight excluding hydrogens is 243 g/mol. The highest BCUT2D eigenvalue weighted by molar-refractivity contribution is 7.86. The second-order valence-electron chi connectivity index (χ2n) is 4.26. The van der Waals surface area contributed by atoms with Crippen LogP contribution in [0, 0.1) is 5.82 Å². The second-order valence-corrected chi connectivity index (χ2v) is 5.81. The van der Waals surface area contributed by atoms with Crippen molar-refractivity contribution < 1.29 is 12.8 Å². The van der Waals surface area contributed by atoms with Crippen LogP contribution in [0.5, 0.6) is 0 Å². The number of benzene rings is 1. The first-order valence-electron chi connectivity index (χ1n) is 5.51. The van der Waals surface area contributed by atoms with Gasteiger partial charge in [0.25, 0.3) is 10.2 Å². The van der Waals surface area contributed by atoms with E-state index in [0.717, 1.165) is 6.42 Å². The van der Waals surface area contributed by atoms with Crippen LogP contribution in [0.25, 0.3) is 0 Å². The molecule has 0 radical (unpaired) electrons. The van der Waals surface area contributed by atoms with E-state index < -0.39 is 10.2 Å². The summed E-state index contributed by atoms with van der Waals surface area (Å²) in [6.45, 7) is 0.684. The van der Waals surface area contributed by atoms with E-state index in [1.165, 1.54) is 10.4 Å². The van der Waals surface area contributed by atoms with Crippen molar-refractivity contribution in [2.75, 3.05) is 13.1 Å². The predicted octanol–water partition coefficient (Wildman–Crippen LogP) is 1.21. The van der Waals surface area contributed by atoms with Crippen molar-refractivity contribution in [3.05, 3.63) is 35.6 Å². The number of nitrogens with zero attached hydrogens (tertiary/aromatic N) is 1. The van der Waals surface area contributed by atoms with Gasteiger partial charge in [-0.2, -0.15) is 12.7 Å². The Morgan fingerprint density at radius 2 is 2.06 bits per heavy atom. The number of hydrogen-bond acceptors (Lipinski definition) is 2.